The average Bonchev–Trinajstić information content (AvgIpc) is 2.29. The number of rotatable bonds is 1. The molecule has 0 aliphatic carbocycles. The van der Waals surface area contributed by atoms with Crippen LogP contribution in [0.5, 0.6) is 0 Å². The highest BCUT2D eigenvalue weighted by molar-refractivity contribution is 5.55. The molecule has 0 fully saturated rings. The van der Waals surface area contributed by atoms with Gasteiger partial charge in [-0.15, -0.1) is 0 Å². The molecule has 0 atom stereocenters. The van der Waals surface area contributed by atoms with Crippen molar-refractivity contribution in [3.05, 3.63) is 51.7 Å². The molecule has 1 N–H and O–H groups in total. The third-order valence-electron chi connectivity index (χ3n) is 2.33. The van der Waals surface area contributed by atoms with E-state index >= 15 is 0 Å². The fraction of sp³-hybridized carbons (Fsp3) is 0.0833. The second kappa shape index (κ2) is 4.18. The van der Waals surface area contributed by atoms with E-state index in [0.29, 0.717) is 17.1 Å². The Morgan fingerprint density at radius 2 is 2.00 bits per heavy atom. The van der Waals surface area contributed by atoms with Crippen molar-refractivity contribution in [2.75, 3.05) is 0 Å². The Morgan fingerprint density at radius 3 is 2.53 bits per heavy atom. The van der Waals surface area contributed by atoms with Crippen LogP contribution >= 0.6 is 0 Å². The molecule has 84 valence electrons. The first kappa shape index (κ1) is 11.0. The number of H-pyrrole nitrogens is 1. The van der Waals surface area contributed by atoms with Crippen LogP contribution in [0.2, 0.25) is 0 Å². The van der Waals surface area contributed by atoms with E-state index in [4.69, 9.17) is 5.26 Å². The molecule has 2 aromatic rings. The lowest BCUT2D eigenvalue weighted by Crippen LogP contribution is -2.15. The van der Waals surface area contributed by atoms with Crippen molar-refractivity contribution in [3.8, 4) is 17.5 Å². The molecule has 4 nitrogen and oxygen atoms in total. The van der Waals surface area contributed by atoms with Crippen LogP contribution in [0.3, 0.4) is 0 Å². The molecule has 0 bridgehead atoms. The Hall–Kier alpha value is -2.48. The summed E-state index contributed by atoms with van der Waals surface area (Å²) < 4.78 is 12.7. The van der Waals surface area contributed by atoms with Crippen molar-refractivity contribution in [1.82, 2.24) is 9.97 Å². The number of nitrogens with one attached hydrogen (secondary N) is 1. The summed E-state index contributed by atoms with van der Waals surface area (Å²) in [6.45, 7) is 1.58. The first-order valence-electron chi connectivity index (χ1n) is 4.89. The fourth-order valence-corrected chi connectivity index (χ4v) is 1.46. The average molecular weight is 229 g/mol. The molecular weight excluding hydrogens is 221 g/mol. The van der Waals surface area contributed by atoms with Gasteiger partial charge >= 0.3 is 0 Å². The molecule has 0 spiro atoms. The molecule has 1 aromatic carbocycles. The summed E-state index contributed by atoms with van der Waals surface area (Å²) in [6, 6.07) is 7.37. The van der Waals surface area contributed by atoms with Crippen LogP contribution in [0.15, 0.2) is 29.1 Å². The zero-order valence-electron chi connectivity index (χ0n) is 8.99. The molecule has 17 heavy (non-hydrogen) atoms. The van der Waals surface area contributed by atoms with Gasteiger partial charge in [0.25, 0.3) is 5.56 Å². The van der Waals surface area contributed by atoms with E-state index < -0.39 is 5.56 Å². The molecule has 5 heteroatoms. The number of hydrogen-bond donors (Lipinski definition) is 1. The molecule has 0 radical (unpaired) electrons. The predicted molar refractivity (Wildman–Crippen MR) is 59.7 cm³/mol. The normalized spacial score (nSPS) is 9.94. The van der Waals surface area contributed by atoms with Gasteiger partial charge in [-0.1, -0.05) is 0 Å². The van der Waals surface area contributed by atoms with Crippen LogP contribution in [-0.4, -0.2) is 9.97 Å². The van der Waals surface area contributed by atoms with E-state index in [1.807, 2.05) is 0 Å². The van der Waals surface area contributed by atoms with Gasteiger partial charge < -0.3 is 4.98 Å². The third-order valence-corrected chi connectivity index (χ3v) is 2.33. The van der Waals surface area contributed by atoms with E-state index in [0.717, 1.165) is 0 Å². The van der Waals surface area contributed by atoms with Crippen molar-refractivity contribution >= 4 is 0 Å². The molecule has 0 aliphatic rings. The SMILES string of the molecule is Cc1nc(-c2ccc(F)cc2)[nH]c(=O)c1C#N. The van der Waals surface area contributed by atoms with E-state index in [-0.39, 0.29) is 11.4 Å². The van der Waals surface area contributed by atoms with Crippen molar-refractivity contribution < 1.29 is 4.39 Å². The van der Waals surface area contributed by atoms with Crippen molar-refractivity contribution in [3.63, 3.8) is 0 Å². The van der Waals surface area contributed by atoms with Crippen LogP contribution in [-0.2, 0) is 0 Å². The smallest absolute Gasteiger partial charge is 0.269 e. The molecule has 0 saturated heterocycles. The van der Waals surface area contributed by atoms with E-state index in [9.17, 15) is 9.18 Å². The largest absolute Gasteiger partial charge is 0.305 e. The summed E-state index contributed by atoms with van der Waals surface area (Å²) in [6.07, 6.45) is 0. The van der Waals surface area contributed by atoms with E-state index in [1.54, 1.807) is 13.0 Å². The summed E-state index contributed by atoms with van der Waals surface area (Å²) in [5.74, 6) is -0.0343. The lowest BCUT2D eigenvalue weighted by Gasteiger charge is -2.02. The van der Waals surface area contributed by atoms with Gasteiger partial charge in [0.05, 0.1) is 5.69 Å². The maximum atomic E-state index is 12.7. The Morgan fingerprint density at radius 1 is 1.35 bits per heavy atom. The van der Waals surface area contributed by atoms with Crippen molar-refractivity contribution in [2.24, 2.45) is 0 Å². The quantitative estimate of drug-likeness (QED) is 0.809. The highest BCUT2D eigenvalue weighted by Crippen LogP contribution is 2.14. The Bertz CT molecular complexity index is 653. The standard InChI is InChI=1S/C12H8FN3O/c1-7-10(6-14)12(17)16-11(15-7)8-2-4-9(13)5-3-8/h2-5H,1H3,(H,15,16,17). The number of nitrogens with zero attached hydrogens (tertiary/aromatic N) is 2. The van der Waals surface area contributed by atoms with Gasteiger partial charge in [0.1, 0.15) is 23.3 Å². The molecule has 1 heterocycles. The molecule has 0 saturated carbocycles. The Labute approximate surface area is 96.4 Å². The number of aromatic amines is 1. The van der Waals surface area contributed by atoms with Gasteiger partial charge in [-0.2, -0.15) is 5.26 Å². The number of aromatic nitrogens is 2. The summed E-state index contributed by atoms with van der Waals surface area (Å²) in [4.78, 5) is 18.1. The summed E-state index contributed by atoms with van der Waals surface area (Å²) in [5.41, 5.74) is 0.460. The lowest BCUT2D eigenvalue weighted by molar-refractivity contribution is 0.628. The van der Waals surface area contributed by atoms with Crippen LogP contribution in [0, 0.1) is 24.1 Å². The van der Waals surface area contributed by atoms with Gasteiger partial charge in [0.15, 0.2) is 0 Å². The number of hydrogen-bond acceptors (Lipinski definition) is 3. The summed E-state index contributed by atoms with van der Waals surface area (Å²) in [7, 11) is 0. The summed E-state index contributed by atoms with van der Waals surface area (Å²) >= 11 is 0. The first-order chi connectivity index (χ1) is 8.11. The van der Waals surface area contributed by atoms with Gasteiger partial charge in [-0.05, 0) is 31.2 Å². The number of benzene rings is 1. The van der Waals surface area contributed by atoms with Crippen LogP contribution in [0.25, 0.3) is 11.4 Å². The van der Waals surface area contributed by atoms with Gasteiger partial charge in [0.2, 0.25) is 0 Å². The first-order valence-corrected chi connectivity index (χ1v) is 4.89. The lowest BCUT2D eigenvalue weighted by atomic mass is 10.2. The highest BCUT2D eigenvalue weighted by Gasteiger charge is 2.08. The number of halogens is 1. The van der Waals surface area contributed by atoms with Gasteiger partial charge in [-0.3, -0.25) is 4.79 Å². The topological polar surface area (TPSA) is 69.5 Å². The zero-order valence-corrected chi connectivity index (χ0v) is 8.99. The molecule has 2 rings (SSSR count). The summed E-state index contributed by atoms with van der Waals surface area (Å²) in [5, 5.41) is 8.74. The Kier molecular flexibility index (Phi) is 2.71. The number of aryl methyl sites for hydroxylation is 1. The monoisotopic (exact) mass is 229 g/mol. The minimum atomic E-state index is -0.487. The molecule has 0 unspecified atom stereocenters. The van der Waals surface area contributed by atoms with E-state index in [1.165, 1.54) is 24.3 Å². The van der Waals surface area contributed by atoms with E-state index in [2.05, 4.69) is 9.97 Å². The second-order valence-corrected chi connectivity index (χ2v) is 3.49. The number of nitriles is 1. The maximum Gasteiger partial charge on any atom is 0.269 e. The highest BCUT2D eigenvalue weighted by atomic mass is 19.1. The molecule has 1 aromatic heterocycles. The van der Waals surface area contributed by atoms with Gasteiger partial charge in [-0.25, -0.2) is 9.37 Å². The molecular formula is C12H8FN3O. The van der Waals surface area contributed by atoms with Crippen LogP contribution in [0.1, 0.15) is 11.3 Å². The van der Waals surface area contributed by atoms with Crippen molar-refractivity contribution in [2.45, 2.75) is 6.92 Å². The molecule has 0 aliphatic heterocycles. The Balaban J connectivity index is 2.59. The predicted octanol–water partition coefficient (Wildman–Crippen LogP) is 1.76. The fourth-order valence-electron chi connectivity index (χ4n) is 1.46. The van der Waals surface area contributed by atoms with Crippen LogP contribution in [0.4, 0.5) is 4.39 Å². The molecule has 0 amide bonds. The minimum Gasteiger partial charge on any atom is -0.305 e. The van der Waals surface area contributed by atoms with Crippen LogP contribution < -0.4 is 5.56 Å². The third kappa shape index (κ3) is 2.06. The zero-order chi connectivity index (χ0) is 12.4. The minimum absolute atomic E-state index is 0.00383. The maximum absolute atomic E-state index is 12.7. The second-order valence-electron chi connectivity index (χ2n) is 3.49. The van der Waals surface area contributed by atoms with Crippen molar-refractivity contribution in [1.29, 1.82) is 5.26 Å². The van der Waals surface area contributed by atoms with Gasteiger partial charge in [0, 0.05) is 5.56 Å².